The normalized spacial score (nSPS) is 26.1. The molecule has 1 aromatic carbocycles. The molecule has 5 rings (SSSR count). The highest BCUT2D eigenvalue weighted by Crippen LogP contribution is 2.43. The zero-order valence-corrected chi connectivity index (χ0v) is 20.4. The Balaban J connectivity index is 1.39. The Morgan fingerprint density at radius 3 is 2.78 bits per heavy atom. The van der Waals surface area contributed by atoms with Crippen LogP contribution >= 0.6 is 0 Å². The van der Waals surface area contributed by atoms with E-state index in [2.05, 4.69) is 20.9 Å². The van der Waals surface area contributed by atoms with Crippen molar-refractivity contribution in [1.82, 2.24) is 20.5 Å². The van der Waals surface area contributed by atoms with Crippen molar-refractivity contribution in [3.63, 3.8) is 0 Å². The standard InChI is InChI=1S/C26H33N5O5/c1-27-18-6-3-7-19-17(18)11-21(29-19)26(36)31-12-15-4-2-5-16(15)23(31)25(35)30-20(22(33)13-32)10-14-8-9-28-24(14)34/h3,6-7,11,14-16,20,23,27,29,32H,2,4-5,8-10,12-13H2,1H3,(H,28,34)(H,30,35)/t14-,15-,16-,20-,23-/m0/s1. The minimum atomic E-state index is -0.972. The SMILES string of the molecule is CNc1cccc2[nH]c(C(=O)N3C[C@@H]4CCC[C@@H]4[C@H]3C(=O)N[C@@H](C[C@@H]3CCNC3=O)C(=O)CO)cc12. The van der Waals surface area contributed by atoms with E-state index in [9.17, 15) is 24.3 Å². The van der Waals surface area contributed by atoms with Gasteiger partial charge >= 0.3 is 0 Å². The fourth-order valence-corrected chi connectivity index (χ4v) is 6.29. The Kier molecular flexibility index (Phi) is 6.70. The molecule has 10 heteroatoms. The smallest absolute Gasteiger partial charge is 0.271 e. The van der Waals surface area contributed by atoms with Gasteiger partial charge in [0.25, 0.3) is 5.91 Å². The van der Waals surface area contributed by atoms with Crippen LogP contribution < -0.4 is 16.0 Å². The summed E-state index contributed by atoms with van der Waals surface area (Å²) in [4.78, 5) is 56.7. The molecule has 1 saturated carbocycles. The average molecular weight is 496 g/mol. The van der Waals surface area contributed by atoms with E-state index in [-0.39, 0.29) is 36.0 Å². The maximum atomic E-state index is 13.7. The van der Waals surface area contributed by atoms with E-state index in [0.29, 0.717) is 25.2 Å². The lowest BCUT2D eigenvalue weighted by Gasteiger charge is -2.29. The summed E-state index contributed by atoms with van der Waals surface area (Å²) in [6.07, 6.45) is 3.52. The van der Waals surface area contributed by atoms with Gasteiger partial charge < -0.3 is 30.9 Å². The Morgan fingerprint density at radius 1 is 1.22 bits per heavy atom. The van der Waals surface area contributed by atoms with Gasteiger partial charge in [-0.05, 0) is 55.7 Å². The number of likely N-dealkylation sites (tertiary alicyclic amines) is 1. The molecule has 1 aromatic heterocycles. The van der Waals surface area contributed by atoms with Crippen LogP contribution in [0.2, 0.25) is 0 Å². The molecule has 2 aliphatic heterocycles. The van der Waals surface area contributed by atoms with Crippen LogP contribution in [-0.2, 0) is 14.4 Å². The van der Waals surface area contributed by atoms with E-state index in [4.69, 9.17) is 0 Å². The minimum Gasteiger partial charge on any atom is -0.389 e. The highest BCUT2D eigenvalue weighted by Gasteiger charge is 2.50. The van der Waals surface area contributed by atoms with Crippen LogP contribution in [0.15, 0.2) is 24.3 Å². The van der Waals surface area contributed by atoms with Crippen LogP contribution in [0.3, 0.4) is 0 Å². The number of nitrogens with zero attached hydrogens (tertiary/aromatic N) is 1. The highest BCUT2D eigenvalue weighted by atomic mass is 16.3. The van der Waals surface area contributed by atoms with Crippen LogP contribution in [-0.4, -0.2) is 77.3 Å². The second-order valence-electron chi connectivity index (χ2n) is 10.2. The molecule has 3 amide bonds. The molecule has 5 N–H and O–H groups in total. The second-order valence-corrected chi connectivity index (χ2v) is 10.2. The molecule has 0 bridgehead atoms. The number of hydrogen-bond donors (Lipinski definition) is 5. The largest absolute Gasteiger partial charge is 0.389 e. The second kappa shape index (κ2) is 9.93. The molecule has 0 radical (unpaired) electrons. The lowest BCUT2D eigenvalue weighted by atomic mass is 9.92. The van der Waals surface area contributed by atoms with Gasteiger partial charge in [-0.1, -0.05) is 12.5 Å². The third-order valence-electron chi connectivity index (χ3n) is 8.13. The number of benzene rings is 1. The summed E-state index contributed by atoms with van der Waals surface area (Å²) in [5.41, 5.74) is 2.14. The van der Waals surface area contributed by atoms with Gasteiger partial charge in [0, 0.05) is 42.6 Å². The predicted molar refractivity (Wildman–Crippen MR) is 133 cm³/mol. The first-order valence-electron chi connectivity index (χ1n) is 12.7. The molecule has 5 atom stereocenters. The van der Waals surface area contributed by atoms with Crippen molar-refractivity contribution < 1.29 is 24.3 Å². The molecule has 3 fully saturated rings. The fourth-order valence-electron chi connectivity index (χ4n) is 6.29. The quantitative estimate of drug-likeness (QED) is 0.370. The predicted octanol–water partition coefficient (Wildman–Crippen LogP) is 1.02. The zero-order chi connectivity index (χ0) is 25.4. The first-order chi connectivity index (χ1) is 17.4. The molecule has 36 heavy (non-hydrogen) atoms. The summed E-state index contributed by atoms with van der Waals surface area (Å²) in [6, 6.07) is 5.87. The molecule has 0 spiro atoms. The van der Waals surface area contributed by atoms with Gasteiger partial charge in [-0.15, -0.1) is 0 Å². The number of anilines is 1. The van der Waals surface area contributed by atoms with Crippen molar-refractivity contribution in [2.75, 3.05) is 32.1 Å². The van der Waals surface area contributed by atoms with E-state index in [1.165, 1.54) is 0 Å². The number of carbonyl (C=O) groups is 4. The number of aromatic nitrogens is 1. The van der Waals surface area contributed by atoms with Crippen molar-refractivity contribution in [2.45, 2.75) is 44.2 Å². The number of aromatic amines is 1. The first kappa shape index (κ1) is 24.3. The van der Waals surface area contributed by atoms with Gasteiger partial charge in [0.15, 0.2) is 5.78 Å². The Labute approximate surface area is 209 Å². The van der Waals surface area contributed by atoms with Gasteiger partial charge in [-0.25, -0.2) is 0 Å². The molecule has 192 valence electrons. The van der Waals surface area contributed by atoms with E-state index in [1.807, 2.05) is 31.3 Å². The first-order valence-corrected chi connectivity index (χ1v) is 12.7. The average Bonchev–Trinajstić information content (AvgIpc) is 3.66. The van der Waals surface area contributed by atoms with Crippen LogP contribution in [0.25, 0.3) is 10.9 Å². The summed E-state index contributed by atoms with van der Waals surface area (Å²) in [5.74, 6) is -1.46. The number of H-pyrrole nitrogens is 1. The topological polar surface area (TPSA) is 144 Å². The highest BCUT2D eigenvalue weighted by molar-refractivity contribution is 6.03. The number of amides is 3. The number of aliphatic hydroxyl groups excluding tert-OH is 1. The maximum Gasteiger partial charge on any atom is 0.271 e. The summed E-state index contributed by atoms with van der Waals surface area (Å²) in [5, 5.41) is 19.1. The molecule has 3 heterocycles. The summed E-state index contributed by atoms with van der Waals surface area (Å²) in [7, 11) is 1.82. The van der Waals surface area contributed by atoms with Gasteiger partial charge in [-0.3, -0.25) is 19.2 Å². The number of ketones is 1. The van der Waals surface area contributed by atoms with Crippen LogP contribution in [0.1, 0.15) is 42.6 Å². The lowest BCUT2D eigenvalue weighted by molar-refractivity contribution is -0.133. The van der Waals surface area contributed by atoms with E-state index in [1.54, 1.807) is 4.90 Å². The van der Waals surface area contributed by atoms with E-state index >= 15 is 0 Å². The fraction of sp³-hybridized carbons (Fsp3) is 0.538. The molecule has 2 aromatic rings. The molecule has 2 saturated heterocycles. The zero-order valence-electron chi connectivity index (χ0n) is 20.4. The number of hydrogen-bond acceptors (Lipinski definition) is 6. The molecule has 1 aliphatic carbocycles. The monoisotopic (exact) mass is 495 g/mol. The number of aliphatic hydroxyl groups is 1. The number of rotatable bonds is 8. The number of Topliss-reactive ketones (excluding diaryl/α,β-unsaturated/α-hetero) is 1. The number of nitrogens with one attached hydrogen (secondary N) is 4. The Morgan fingerprint density at radius 2 is 2.06 bits per heavy atom. The van der Waals surface area contributed by atoms with Crippen molar-refractivity contribution >= 4 is 40.1 Å². The van der Waals surface area contributed by atoms with Crippen molar-refractivity contribution in [3.8, 4) is 0 Å². The summed E-state index contributed by atoms with van der Waals surface area (Å²) < 4.78 is 0. The number of fused-ring (bicyclic) bond motifs is 2. The van der Waals surface area contributed by atoms with Crippen LogP contribution in [0.5, 0.6) is 0 Å². The summed E-state index contributed by atoms with van der Waals surface area (Å²) in [6.45, 7) is 0.299. The van der Waals surface area contributed by atoms with Crippen molar-refractivity contribution in [1.29, 1.82) is 0 Å². The number of carbonyl (C=O) groups excluding carboxylic acids is 4. The van der Waals surface area contributed by atoms with Crippen molar-refractivity contribution in [2.24, 2.45) is 17.8 Å². The minimum absolute atomic E-state index is 0.0193. The third kappa shape index (κ3) is 4.34. The van der Waals surface area contributed by atoms with Crippen molar-refractivity contribution in [3.05, 3.63) is 30.0 Å². The molecule has 0 unspecified atom stereocenters. The van der Waals surface area contributed by atoms with Gasteiger partial charge in [0.2, 0.25) is 11.8 Å². The van der Waals surface area contributed by atoms with Gasteiger partial charge in [-0.2, -0.15) is 0 Å². The van der Waals surface area contributed by atoms with Crippen LogP contribution in [0, 0.1) is 17.8 Å². The Hall–Kier alpha value is -3.40. The molecular weight excluding hydrogens is 462 g/mol. The van der Waals surface area contributed by atoms with E-state index in [0.717, 1.165) is 35.9 Å². The van der Waals surface area contributed by atoms with Crippen LogP contribution in [0.4, 0.5) is 5.69 Å². The van der Waals surface area contributed by atoms with Gasteiger partial charge in [0.05, 0.1) is 6.04 Å². The third-order valence-corrected chi connectivity index (χ3v) is 8.13. The lowest BCUT2D eigenvalue weighted by Crippen LogP contribution is -2.53. The summed E-state index contributed by atoms with van der Waals surface area (Å²) >= 11 is 0. The maximum absolute atomic E-state index is 13.7. The molecule has 3 aliphatic rings. The van der Waals surface area contributed by atoms with E-state index < -0.39 is 30.4 Å². The molecular formula is C26H33N5O5. The molecule has 10 nitrogen and oxygen atoms in total. The van der Waals surface area contributed by atoms with Gasteiger partial charge in [0.1, 0.15) is 18.3 Å². The Bertz CT molecular complexity index is 1190.